The van der Waals surface area contributed by atoms with Crippen LogP contribution in [0.4, 0.5) is 17.1 Å². The molecule has 14 aromatic rings. The summed E-state index contributed by atoms with van der Waals surface area (Å²) in [4.78, 5) is 2.49. The number of rotatable bonds is 5. The highest BCUT2D eigenvalue weighted by atomic mass is 32.1. The lowest BCUT2D eigenvalue weighted by Gasteiger charge is -2.35. The lowest BCUT2D eigenvalue weighted by Crippen LogP contribution is -2.28. The molecule has 15 rings (SSSR count). The quantitative estimate of drug-likeness (QED) is 0.156. The molecule has 0 N–H and O–H groups in total. The van der Waals surface area contributed by atoms with Crippen LogP contribution in [0.15, 0.2) is 237 Å². The fraction of sp³-hybridized carbons (Fsp3) is 0.0154. The zero-order valence-electron chi connectivity index (χ0n) is 36.8. The maximum Gasteiger partial charge on any atom is 0.0714 e. The fourth-order valence-corrected chi connectivity index (χ4v) is 14.5. The van der Waals surface area contributed by atoms with Crippen molar-refractivity contribution >= 4 is 123 Å². The number of benzene rings is 12. The van der Waals surface area contributed by atoms with Crippen LogP contribution in [0.2, 0.25) is 0 Å². The minimum atomic E-state index is -0.522. The third-order valence-electron chi connectivity index (χ3n) is 14.9. The fourth-order valence-electron chi connectivity index (χ4n) is 11.9. The standard InChI is InChI=1S/C65H39NS2/c1-2-13-44(14-3-1)65(57-21-8-4-17-51(57)52-18-5-9-22-58(52)65)45-15-12-16-46(39-45)66(47-31-35-49-42(37-47)27-25-40-29-33-55-53-19-6-10-23-59(53)67-63(55)61(40)49)48-32-36-50-43(38-48)28-26-41-30-34-56-54-20-7-11-24-60(54)68-64(56)62(41)50/h1-39H. The minimum absolute atomic E-state index is 0.522. The summed E-state index contributed by atoms with van der Waals surface area (Å²) in [7, 11) is 0. The van der Waals surface area contributed by atoms with Crippen molar-refractivity contribution in [3.63, 3.8) is 0 Å². The molecule has 68 heavy (non-hydrogen) atoms. The molecule has 0 saturated heterocycles. The Hall–Kier alpha value is -8.08. The first-order chi connectivity index (χ1) is 33.7. The first-order valence-electron chi connectivity index (χ1n) is 23.4. The summed E-state index contributed by atoms with van der Waals surface area (Å²) in [5.41, 5.74) is 10.5. The molecule has 2 heterocycles. The van der Waals surface area contributed by atoms with Gasteiger partial charge < -0.3 is 4.90 Å². The van der Waals surface area contributed by atoms with E-state index in [-0.39, 0.29) is 0 Å². The first-order valence-corrected chi connectivity index (χ1v) is 25.0. The molecule has 316 valence electrons. The topological polar surface area (TPSA) is 3.24 Å². The largest absolute Gasteiger partial charge is 0.310 e. The molecule has 0 amide bonds. The number of fused-ring (bicyclic) bond motifs is 17. The van der Waals surface area contributed by atoms with Gasteiger partial charge in [-0.2, -0.15) is 0 Å². The van der Waals surface area contributed by atoms with Crippen LogP contribution in [-0.4, -0.2) is 0 Å². The normalized spacial score (nSPS) is 13.1. The number of hydrogen-bond donors (Lipinski definition) is 0. The summed E-state index contributed by atoms with van der Waals surface area (Å²) in [5, 5.41) is 15.5. The van der Waals surface area contributed by atoms with Gasteiger partial charge in [0.2, 0.25) is 0 Å². The SMILES string of the molecule is c1ccc(C2(c3cccc(N(c4ccc5c(ccc6ccc7c8ccccc8sc7c65)c4)c4ccc5c(ccc6ccc7c8ccccc8sc7c65)c4)c3)c3ccccc3-c3ccccc32)cc1. The summed E-state index contributed by atoms with van der Waals surface area (Å²) in [5.74, 6) is 0. The smallest absolute Gasteiger partial charge is 0.0714 e. The van der Waals surface area contributed by atoms with Gasteiger partial charge in [-0.25, -0.2) is 0 Å². The van der Waals surface area contributed by atoms with E-state index in [0.717, 1.165) is 17.1 Å². The van der Waals surface area contributed by atoms with Crippen molar-refractivity contribution in [2.45, 2.75) is 5.41 Å². The average molecular weight is 898 g/mol. The summed E-state index contributed by atoms with van der Waals surface area (Å²) in [6.07, 6.45) is 0. The van der Waals surface area contributed by atoms with E-state index < -0.39 is 5.41 Å². The summed E-state index contributed by atoms with van der Waals surface area (Å²) >= 11 is 3.81. The van der Waals surface area contributed by atoms with E-state index in [9.17, 15) is 0 Å². The molecular weight excluding hydrogens is 859 g/mol. The van der Waals surface area contributed by atoms with E-state index in [1.807, 2.05) is 22.7 Å². The molecule has 0 saturated carbocycles. The van der Waals surface area contributed by atoms with Crippen molar-refractivity contribution in [3.05, 3.63) is 259 Å². The number of hydrogen-bond acceptors (Lipinski definition) is 3. The van der Waals surface area contributed by atoms with Crippen LogP contribution in [0, 0.1) is 0 Å². The highest BCUT2D eigenvalue weighted by molar-refractivity contribution is 7.27. The zero-order valence-corrected chi connectivity index (χ0v) is 38.4. The number of nitrogens with zero attached hydrogens (tertiary/aromatic N) is 1. The van der Waals surface area contributed by atoms with Gasteiger partial charge in [-0.1, -0.05) is 188 Å². The van der Waals surface area contributed by atoms with Crippen molar-refractivity contribution in [3.8, 4) is 11.1 Å². The molecule has 1 aliphatic carbocycles. The maximum atomic E-state index is 2.49. The van der Waals surface area contributed by atoms with Crippen LogP contribution in [0.3, 0.4) is 0 Å². The van der Waals surface area contributed by atoms with Crippen LogP contribution in [0.5, 0.6) is 0 Å². The molecular formula is C65H39NS2. The summed E-state index contributed by atoms with van der Waals surface area (Å²) < 4.78 is 5.36. The Morgan fingerprint density at radius 3 is 1.31 bits per heavy atom. The van der Waals surface area contributed by atoms with E-state index in [0.29, 0.717) is 0 Å². The molecule has 0 spiro atoms. The Morgan fingerprint density at radius 1 is 0.294 bits per heavy atom. The average Bonchev–Trinajstić information content (AvgIpc) is 4.07. The van der Waals surface area contributed by atoms with E-state index in [1.54, 1.807) is 0 Å². The van der Waals surface area contributed by atoms with E-state index in [4.69, 9.17) is 0 Å². The Kier molecular flexibility index (Phi) is 8.09. The molecule has 0 atom stereocenters. The Labute approximate surface area is 401 Å². The third-order valence-corrected chi connectivity index (χ3v) is 17.3. The van der Waals surface area contributed by atoms with Crippen molar-refractivity contribution in [2.24, 2.45) is 0 Å². The van der Waals surface area contributed by atoms with Crippen molar-refractivity contribution in [1.29, 1.82) is 0 Å². The lowest BCUT2D eigenvalue weighted by molar-refractivity contribution is 0.768. The lowest BCUT2D eigenvalue weighted by atomic mass is 9.67. The van der Waals surface area contributed by atoms with Crippen LogP contribution in [-0.2, 0) is 5.41 Å². The van der Waals surface area contributed by atoms with Gasteiger partial charge >= 0.3 is 0 Å². The minimum Gasteiger partial charge on any atom is -0.310 e. The molecule has 12 aromatic carbocycles. The van der Waals surface area contributed by atoms with Gasteiger partial charge in [-0.05, 0) is 114 Å². The monoisotopic (exact) mass is 897 g/mol. The molecule has 1 aliphatic rings. The predicted octanol–water partition coefficient (Wildman–Crippen LogP) is 18.9. The molecule has 0 radical (unpaired) electrons. The van der Waals surface area contributed by atoms with Crippen molar-refractivity contribution in [2.75, 3.05) is 4.90 Å². The van der Waals surface area contributed by atoms with Gasteiger partial charge in [-0.15, -0.1) is 22.7 Å². The van der Waals surface area contributed by atoms with Crippen molar-refractivity contribution < 1.29 is 0 Å². The van der Waals surface area contributed by atoms with Gasteiger partial charge in [0.1, 0.15) is 0 Å². The van der Waals surface area contributed by atoms with Gasteiger partial charge in [0.05, 0.1) is 5.41 Å². The van der Waals surface area contributed by atoms with E-state index >= 15 is 0 Å². The van der Waals surface area contributed by atoms with E-state index in [1.165, 1.54) is 117 Å². The summed E-state index contributed by atoms with van der Waals surface area (Å²) in [6, 6.07) is 88.9. The van der Waals surface area contributed by atoms with Crippen molar-refractivity contribution in [1.82, 2.24) is 0 Å². The van der Waals surface area contributed by atoms with Gasteiger partial charge in [0.25, 0.3) is 0 Å². The Balaban J connectivity index is 0.982. The number of thiophene rings is 2. The second-order valence-corrected chi connectivity index (χ2v) is 20.4. The predicted molar refractivity (Wildman–Crippen MR) is 294 cm³/mol. The molecule has 2 aromatic heterocycles. The third kappa shape index (κ3) is 5.31. The molecule has 1 nitrogen and oxygen atoms in total. The molecule has 0 unspecified atom stereocenters. The first kappa shape index (κ1) is 38.1. The number of anilines is 3. The van der Waals surface area contributed by atoms with Gasteiger partial charge in [0, 0.05) is 68.2 Å². The highest BCUT2D eigenvalue weighted by Crippen LogP contribution is 2.57. The Bertz CT molecular complexity index is 4160. The van der Waals surface area contributed by atoms with E-state index in [2.05, 4.69) is 241 Å². The molecule has 0 aliphatic heterocycles. The Morgan fingerprint density at radius 2 is 0.735 bits per heavy atom. The zero-order chi connectivity index (χ0) is 44.5. The van der Waals surface area contributed by atoms with Crippen LogP contribution >= 0.6 is 22.7 Å². The van der Waals surface area contributed by atoms with Gasteiger partial charge in [0.15, 0.2) is 0 Å². The van der Waals surface area contributed by atoms with Crippen LogP contribution in [0.1, 0.15) is 22.3 Å². The maximum absolute atomic E-state index is 2.49. The molecule has 3 heteroatoms. The van der Waals surface area contributed by atoms with Crippen LogP contribution in [0.25, 0.3) is 94.6 Å². The summed E-state index contributed by atoms with van der Waals surface area (Å²) in [6.45, 7) is 0. The second-order valence-electron chi connectivity index (χ2n) is 18.3. The van der Waals surface area contributed by atoms with Crippen LogP contribution < -0.4 is 4.90 Å². The second kappa shape index (κ2) is 14.5. The molecule has 0 bridgehead atoms. The van der Waals surface area contributed by atoms with Gasteiger partial charge in [-0.3, -0.25) is 0 Å². The molecule has 0 fully saturated rings. The highest BCUT2D eigenvalue weighted by Gasteiger charge is 2.46.